The van der Waals surface area contributed by atoms with E-state index in [1.165, 1.54) is 12.5 Å². The first-order valence-electron chi connectivity index (χ1n) is 7.67. The zero-order valence-electron chi connectivity index (χ0n) is 12.5. The number of rotatable bonds is 5. The maximum atomic E-state index is 12.1. The smallest absolute Gasteiger partial charge is 0.245 e. The third-order valence-corrected chi connectivity index (χ3v) is 3.87. The van der Waals surface area contributed by atoms with Crippen LogP contribution in [0, 0.1) is 17.2 Å². The summed E-state index contributed by atoms with van der Waals surface area (Å²) in [5, 5.41) is 12.0. The van der Waals surface area contributed by atoms with Crippen molar-refractivity contribution in [3.63, 3.8) is 0 Å². The molecule has 1 fully saturated rings. The lowest BCUT2D eigenvalue weighted by atomic mass is 9.94. The van der Waals surface area contributed by atoms with E-state index in [1.54, 1.807) is 6.08 Å². The average molecular weight is 296 g/mol. The van der Waals surface area contributed by atoms with Crippen molar-refractivity contribution in [2.45, 2.75) is 38.1 Å². The maximum absolute atomic E-state index is 12.1. The van der Waals surface area contributed by atoms with Crippen LogP contribution in [0.1, 0.15) is 37.7 Å². The van der Waals surface area contributed by atoms with E-state index in [0.29, 0.717) is 0 Å². The molecule has 1 aromatic carbocycles. The molecule has 1 N–H and O–H groups in total. The number of carbonyl (C=O) groups is 2. The summed E-state index contributed by atoms with van der Waals surface area (Å²) < 4.78 is 0. The van der Waals surface area contributed by atoms with E-state index >= 15 is 0 Å². The second kappa shape index (κ2) is 8.14. The molecular weight excluding hydrogens is 276 g/mol. The van der Waals surface area contributed by atoms with Gasteiger partial charge in [-0.3, -0.25) is 9.59 Å². The number of nitrogens with one attached hydrogen (secondary N) is 1. The Hall–Kier alpha value is -2.41. The van der Waals surface area contributed by atoms with Gasteiger partial charge in [0, 0.05) is 6.04 Å². The SMILES string of the molecule is N#C[C@H](C(=O)/C=C\c1ccccc1)C(=O)NC1CCCCC1. The van der Waals surface area contributed by atoms with Gasteiger partial charge in [-0.1, -0.05) is 55.7 Å². The highest BCUT2D eigenvalue weighted by Gasteiger charge is 2.26. The topological polar surface area (TPSA) is 70.0 Å². The van der Waals surface area contributed by atoms with Crippen LogP contribution >= 0.6 is 0 Å². The number of amides is 1. The Kier molecular flexibility index (Phi) is 5.91. The summed E-state index contributed by atoms with van der Waals surface area (Å²) in [5.41, 5.74) is 0.861. The fourth-order valence-corrected chi connectivity index (χ4v) is 2.62. The number of benzene rings is 1. The molecule has 22 heavy (non-hydrogen) atoms. The number of allylic oxidation sites excluding steroid dienone is 1. The molecule has 0 saturated heterocycles. The first kappa shape index (κ1) is 16.0. The van der Waals surface area contributed by atoms with Crippen LogP contribution in [0.15, 0.2) is 36.4 Å². The molecule has 2 rings (SSSR count). The normalized spacial score (nSPS) is 16.9. The highest BCUT2D eigenvalue weighted by atomic mass is 16.2. The standard InChI is InChI=1S/C18H20N2O2/c19-13-16(18(22)20-15-9-5-2-6-10-15)17(21)12-11-14-7-3-1-4-8-14/h1,3-4,7-8,11-12,15-16H,2,5-6,9-10H2,(H,20,22)/b12-11-/t16-/m1/s1. The summed E-state index contributed by atoms with van der Waals surface area (Å²) in [7, 11) is 0. The fraction of sp³-hybridized carbons (Fsp3) is 0.389. The molecule has 1 aliphatic rings. The van der Waals surface area contributed by atoms with Crippen LogP contribution in [0.25, 0.3) is 6.08 Å². The maximum Gasteiger partial charge on any atom is 0.245 e. The molecule has 0 unspecified atom stereocenters. The number of hydrogen-bond donors (Lipinski definition) is 1. The Morgan fingerprint density at radius 2 is 1.86 bits per heavy atom. The van der Waals surface area contributed by atoms with Crippen molar-refractivity contribution in [2.24, 2.45) is 5.92 Å². The third kappa shape index (κ3) is 4.56. The number of nitrogens with zero attached hydrogens (tertiary/aromatic N) is 1. The van der Waals surface area contributed by atoms with E-state index in [2.05, 4.69) is 5.32 Å². The molecule has 4 heteroatoms. The molecule has 1 atom stereocenters. The van der Waals surface area contributed by atoms with Gasteiger partial charge in [0.25, 0.3) is 0 Å². The Bertz CT molecular complexity index is 581. The molecule has 0 aromatic heterocycles. The van der Waals surface area contributed by atoms with Gasteiger partial charge in [-0.05, 0) is 24.5 Å². The lowest BCUT2D eigenvalue weighted by Crippen LogP contribution is -2.41. The first-order valence-corrected chi connectivity index (χ1v) is 7.67. The zero-order chi connectivity index (χ0) is 15.8. The molecular formula is C18H20N2O2. The molecule has 0 spiro atoms. The second-order valence-electron chi connectivity index (χ2n) is 5.55. The van der Waals surface area contributed by atoms with Gasteiger partial charge < -0.3 is 5.32 Å². The summed E-state index contributed by atoms with van der Waals surface area (Å²) in [6.07, 6.45) is 8.15. The summed E-state index contributed by atoms with van der Waals surface area (Å²) >= 11 is 0. The molecule has 1 amide bonds. The Balaban J connectivity index is 1.95. The number of carbonyl (C=O) groups excluding carboxylic acids is 2. The number of ketones is 1. The molecule has 0 bridgehead atoms. The lowest BCUT2D eigenvalue weighted by Gasteiger charge is -2.23. The highest BCUT2D eigenvalue weighted by Crippen LogP contribution is 2.18. The molecule has 0 aliphatic heterocycles. The summed E-state index contributed by atoms with van der Waals surface area (Å²) in [5.74, 6) is -2.21. The van der Waals surface area contributed by atoms with Gasteiger partial charge >= 0.3 is 0 Å². The highest BCUT2D eigenvalue weighted by molar-refractivity contribution is 6.10. The minimum Gasteiger partial charge on any atom is -0.352 e. The Morgan fingerprint density at radius 3 is 2.50 bits per heavy atom. The largest absolute Gasteiger partial charge is 0.352 e. The summed E-state index contributed by atoms with van der Waals surface area (Å²) in [6.45, 7) is 0. The lowest BCUT2D eigenvalue weighted by molar-refractivity contribution is -0.130. The molecule has 114 valence electrons. The number of nitriles is 1. The van der Waals surface area contributed by atoms with Gasteiger partial charge in [-0.25, -0.2) is 0 Å². The molecule has 1 saturated carbocycles. The first-order chi connectivity index (χ1) is 10.7. The molecule has 4 nitrogen and oxygen atoms in total. The van der Waals surface area contributed by atoms with E-state index in [0.717, 1.165) is 31.2 Å². The van der Waals surface area contributed by atoms with Gasteiger partial charge in [0.2, 0.25) is 5.91 Å². The van der Waals surface area contributed by atoms with Crippen molar-refractivity contribution in [1.29, 1.82) is 5.26 Å². The van der Waals surface area contributed by atoms with Crippen molar-refractivity contribution in [1.82, 2.24) is 5.32 Å². The molecule has 0 radical (unpaired) electrons. The van der Waals surface area contributed by atoms with Crippen LogP contribution in [-0.4, -0.2) is 17.7 Å². The van der Waals surface area contributed by atoms with E-state index in [-0.39, 0.29) is 6.04 Å². The van der Waals surface area contributed by atoms with E-state index in [9.17, 15) is 9.59 Å². The van der Waals surface area contributed by atoms with Crippen LogP contribution in [0.3, 0.4) is 0 Å². The van der Waals surface area contributed by atoms with Crippen LogP contribution in [-0.2, 0) is 9.59 Å². The van der Waals surface area contributed by atoms with E-state index in [4.69, 9.17) is 5.26 Å². The van der Waals surface area contributed by atoms with Gasteiger partial charge in [0.05, 0.1) is 6.07 Å². The van der Waals surface area contributed by atoms with E-state index < -0.39 is 17.6 Å². The molecule has 1 aromatic rings. The Labute approximate surface area is 130 Å². The van der Waals surface area contributed by atoms with Crippen molar-refractivity contribution in [3.05, 3.63) is 42.0 Å². The van der Waals surface area contributed by atoms with Gasteiger partial charge in [-0.2, -0.15) is 5.26 Å². The van der Waals surface area contributed by atoms with Gasteiger partial charge in [0.15, 0.2) is 11.7 Å². The van der Waals surface area contributed by atoms with Gasteiger partial charge in [0.1, 0.15) is 0 Å². The minimum absolute atomic E-state index is 0.100. The van der Waals surface area contributed by atoms with Crippen LogP contribution in [0.5, 0.6) is 0 Å². The van der Waals surface area contributed by atoms with Crippen LogP contribution < -0.4 is 5.32 Å². The monoisotopic (exact) mass is 296 g/mol. The fourth-order valence-electron chi connectivity index (χ4n) is 2.62. The van der Waals surface area contributed by atoms with Crippen molar-refractivity contribution in [3.8, 4) is 6.07 Å². The average Bonchev–Trinajstić information content (AvgIpc) is 2.55. The summed E-state index contributed by atoms with van der Waals surface area (Å²) in [6, 6.07) is 11.2. The molecule has 1 aliphatic carbocycles. The second-order valence-corrected chi connectivity index (χ2v) is 5.55. The minimum atomic E-state index is -1.26. The third-order valence-electron chi connectivity index (χ3n) is 3.87. The molecule has 0 heterocycles. The van der Waals surface area contributed by atoms with Crippen LogP contribution in [0.2, 0.25) is 0 Å². The predicted octanol–water partition coefficient (Wildman–Crippen LogP) is 2.86. The van der Waals surface area contributed by atoms with E-state index in [1.807, 2.05) is 36.4 Å². The summed E-state index contributed by atoms with van der Waals surface area (Å²) in [4.78, 5) is 24.2. The van der Waals surface area contributed by atoms with Crippen molar-refractivity contribution >= 4 is 17.8 Å². The quantitative estimate of drug-likeness (QED) is 0.671. The van der Waals surface area contributed by atoms with Gasteiger partial charge in [-0.15, -0.1) is 0 Å². The number of hydrogen-bond acceptors (Lipinski definition) is 3. The van der Waals surface area contributed by atoms with Crippen LogP contribution in [0.4, 0.5) is 0 Å². The predicted molar refractivity (Wildman–Crippen MR) is 84.6 cm³/mol. The van der Waals surface area contributed by atoms with Crippen molar-refractivity contribution in [2.75, 3.05) is 0 Å². The Morgan fingerprint density at radius 1 is 1.18 bits per heavy atom. The zero-order valence-corrected chi connectivity index (χ0v) is 12.5. The van der Waals surface area contributed by atoms with Crippen molar-refractivity contribution < 1.29 is 9.59 Å².